The van der Waals surface area contributed by atoms with Crippen molar-refractivity contribution in [3.8, 4) is 0 Å². The van der Waals surface area contributed by atoms with Gasteiger partial charge in [0.1, 0.15) is 0 Å². The van der Waals surface area contributed by atoms with Crippen molar-refractivity contribution in [1.82, 2.24) is 0 Å². The summed E-state index contributed by atoms with van der Waals surface area (Å²) >= 11 is 0. The molecule has 0 amide bonds. The van der Waals surface area contributed by atoms with Crippen molar-refractivity contribution in [2.75, 3.05) is 0 Å². The van der Waals surface area contributed by atoms with Crippen LogP contribution in [-0.4, -0.2) is 22.6 Å². The molecule has 2 fully saturated rings. The molecule has 0 saturated carbocycles. The molecule has 0 N–H and O–H groups in total. The Morgan fingerprint density at radius 3 is 1.12 bits per heavy atom. The van der Waals surface area contributed by atoms with Crippen LogP contribution in [0.1, 0.15) is 59.8 Å². The fraction of sp³-hybridized carbons (Fsp3) is 0.600. The van der Waals surface area contributed by atoms with Gasteiger partial charge in [-0.05, 0) is 77.2 Å². The van der Waals surface area contributed by atoms with Crippen molar-refractivity contribution in [1.29, 1.82) is 0 Å². The van der Waals surface area contributed by atoms with Crippen LogP contribution in [0.15, 0.2) is 48.6 Å². The quantitative estimate of drug-likeness (QED) is 0.295. The molecular formula is C25H36ClO4P2Rh-. The van der Waals surface area contributed by atoms with Gasteiger partial charge >= 0.3 is 0 Å². The first kappa shape index (κ1) is 29.5. The maximum atomic E-state index is 8.49. The van der Waals surface area contributed by atoms with E-state index in [9.17, 15) is 0 Å². The largest absolute Gasteiger partial charge is 0.222 e. The summed E-state index contributed by atoms with van der Waals surface area (Å²) in [6.07, 6.45) is 16.3. The van der Waals surface area contributed by atoms with Gasteiger partial charge < -0.3 is 0 Å². The number of rotatable bonds is 2. The molecule has 5 rings (SSSR count). The number of hydrogen-bond donors (Lipinski definition) is 0. The zero-order chi connectivity index (χ0) is 23.5. The van der Waals surface area contributed by atoms with E-state index in [1.54, 1.807) is 10.6 Å². The van der Waals surface area contributed by atoms with Gasteiger partial charge in [0.05, 0.1) is 0 Å². The summed E-state index contributed by atoms with van der Waals surface area (Å²) in [4.78, 5) is 0. The van der Waals surface area contributed by atoms with E-state index in [0.29, 0.717) is 0 Å². The molecule has 1 aromatic rings. The molecule has 8 heteroatoms. The zero-order valence-corrected chi connectivity index (χ0v) is 24.0. The topological polar surface area (TPSA) is 92.2 Å². The Kier molecular flexibility index (Phi) is 11.7. The van der Waals surface area contributed by atoms with Gasteiger partial charge in [-0.2, -0.15) is 0 Å². The van der Waals surface area contributed by atoms with Crippen molar-refractivity contribution in [3.63, 3.8) is 0 Å². The van der Waals surface area contributed by atoms with Crippen molar-refractivity contribution >= 4 is 26.5 Å². The molecule has 2 heterocycles. The van der Waals surface area contributed by atoms with Gasteiger partial charge in [-0.3, -0.25) is 0 Å². The van der Waals surface area contributed by atoms with Crippen molar-refractivity contribution in [3.05, 3.63) is 48.6 Å². The van der Waals surface area contributed by atoms with Gasteiger partial charge in [-0.25, -0.2) is 18.6 Å². The summed E-state index contributed by atoms with van der Waals surface area (Å²) < 4.78 is 34.0. The third-order valence-corrected chi connectivity index (χ3v) is 14.0. The molecule has 2 aliphatic carbocycles. The van der Waals surface area contributed by atoms with Gasteiger partial charge in [0.15, 0.2) is 0 Å². The monoisotopic (exact) mass is 600 g/mol. The summed E-state index contributed by atoms with van der Waals surface area (Å²) in [6, 6.07) is 9.55. The fourth-order valence-corrected chi connectivity index (χ4v) is 12.8. The molecule has 4 aliphatic rings. The molecule has 2 saturated heterocycles. The predicted molar refractivity (Wildman–Crippen MR) is 126 cm³/mol. The Morgan fingerprint density at radius 2 is 0.909 bits per heavy atom. The normalized spacial score (nSPS) is 32.7. The van der Waals surface area contributed by atoms with Crippen LogP contribution < -0.4 is 29.2 Å². The van der Waals surface area contributed by atoms with Crippen LogP contribution in [-0.2, 0) is 19.5 Å². The Morgan fingerprint density at radius 1 is 0.636 bits per heavy atom. The first-order chi connectivity index (χ1) is 15.0. The summed E-state index contributed by atoms with van der Waals surface area (Å²) in [5, 5.41) is 3.57. The van der Waals surface area contributed by atoms with E-state index < -0.39 is 10.2 Å². The standard InChI is InChI=1S/C18H28P2.C7H8.ClHO4.Rh/c1-13-9-10-14(2)19(13)17-7-5-6-8-18(17)20-15(3)11-12-16(20)4;1-2-7-4-3-6(1)5-7;2-1(3,4)5;/h5-8,13-16H,9-12H2,1-4H3;1-4,6-7H,5H2;(H,2,3,4,5);/p-1/t13-,14-,15-,16-;;;/m1.../s1. The Labute approximate surface area is 216 Å². The average Bonchev–Trinajstić information content (AvgIpc) is 3.49. The van der Waals surface area contributed by atoms with Gasteiger partial charge in [-0.15, -0.1) is 10.2 Å². The van der Waals surface area contributed by atoms with Crippen LogP contribution in [0.25, 0.3) is 0 Å². The zero-order valence-electron chi connectivity index (χ0n) is 19.9. The van der Waals surface area contributed by atoms with Gasteiger partial charge in [0.2, 0.25) is 0 Å². The van der Waals surface area contributed by atoms with E-state index in [0.717, 1.165) is 34.5 Å². The molecule has 33 heavy (non-hydrogen) atoms. The second-order valence-corrected chi connectivity index (χ2v) is 16.4. The summed E-state index contributed by atoms with van der Waals surface area (Å²) in [6.45, 7) is 10.0. The van der Waals surface area contributed by atoms with Crippen LogP contribution in [0.2, 0.25) is 0 Å². The van der Waals surface area contributed by atoms with E-state index in [4.69, 9.17) is 18.6 Å². The first-order valence-electron chi connectivity index (χ1n) is 11.7. The third-order valence-electron chi connectivity index (χ3n) is 7.10. The Bertz CT molecular complexity index is 719. The number of allylic oxidation sites excluding steroid dienone is 4. The molecule has 4 nitrogen and oxygen atoms in total. The summed E-state index contributed by atoms with van der Waals surface area (Å²) in [7, 11) is -4.79. The minimum Gasteiger partial charge on any atom is -0.222 e. The number of hydrogen-bond acceptors (Lipinski definition) is 4. The molecular weight excluding hydrogens is 565 g/mol. The van der Waals surface area contributed by atoms with Crippen molar-refractivity contribution in [2.24, 2.45) is 11.8 Å². The molecule has 187 valence electrons. The SMILES string of the molecule is C1=CC2C=CC1C2.C[C@@H]1CC[C@@H](C)P1c1ccccc1P1[C@H](C)CC[C@H]1C.[O-][Cl+3]([O-])([O-])[O-].[Rh]. The molecule has 2 aliphatic heterocycles. The molecule has 0 aromatic heterocycles. The average molecular weight is 601 g/mol. The smallest absolute Gasteiger partial charge is 0 e. The molecule has 1 radical (unpaired) electrons. The second kappa shape index (κ2) is 13.0. The minimum atomic E-state index is -4.94. The number of benzene rings is 1. The number of fused-ring (bicyclic) bond motifs is 2. The van der Waals surface area contributed by atoms with E-state index in [1.807, 2.05) is 0 Å². The Balaban J connectivity index is 0.000000243. The second-order valence-electron chi connectivity index (χ2n) is 9.57. The summed E-state index contributed by atoms with van der Waals surface area (Å²) in [5.41, 5.74) is 3.74. The molecule has 4 atom stereocenters. The van der Waals surface area contributed by atoms with Crippen LogP contribution >= 0.6 is 15.8 Å². The molecule has 1 aromatic carbocycles. The van der Waals surface area contributed by atoms with Gasteiger partial charge in [-0.1, -0.05) is 92.1 Å². The minimum absolute atomic E-state index is 0. The maximum absolute atomic E-state index is 8.49. The van der Waals surface area contributed by atoms with Crippen LogP contribution in [0.3, 0.4) is 0 Å². The number of halogens is 1. The molecule has 2 bridgehead atoms. The van der Waals surface area contributed by atoms with E-state index in [-0.39, 0.29) is 35.3 Å². The fourth-order valence-electron chi connectivity index (χ4n) is 5.57. The van der Waals surface area contributed by atoms with Crippen molar-refractivity contribution in [2.45, 2.75) is 82.4 Å². The van der Waals surface area contributed by atoms with E-state index in [1.165, 1.54) is 32.1 Å². The first-order valence-corrected chi connectivity index (χ1v) is 15.9. The van der Waals surface area contributed by atoms with Crippen LogP contribution in [0.4, 0.5) is 0 Å². The van der Waals surface area contributed by atoms with Gasteiger partial charge in [0.25, 0.3) is 0 Å². The molecule has 0 spiro atoms. The van der Waals surface area contributed by atoms with Crippen LogP contribution in [0.5, 0.6) is 0 Å². The maximum Gasteiger partial charge on any atom is 0 e. The van der Waals surface area contributed by atoms with E-state index in [2.05, 4.69) is 76.3 Å². The Hall–Kier alpha value is 0.313. The van der Waals surface area contributed by atoms with Gasteiger partial charge in [0, 0.05) is 19.5 Å². The third kappa shape index (κ3) is 8.44. The molecule has 0 unspecified atom stereocenters. The van der Waals surface area contributed by atoms with E-state index >= 15 is 0 Å². The van der Waals surface area contributed by atoms with Crippen LogP contribution in [0, 0.1) is 22.1 Å². The van der Waals surface area contributed by atoms with Crippen molar-refractivity contribution < 1.29 is 48.4 Å². The predicted octanol–water partition coefficient (Wildman–Crippen LogP) is 2.03. The summed E-state index contributed by atoms with van der Waals surface area (Å²) in [5.74, 6) is 1.62.